The zero-order valence-electron chi connectivity index (χ0n) is 4.20. The molecule has 2 N–H and O–H groups in total. The van der Waals surface area contributed by atoms with Crippen molar-refractivity contribution in [1.29, 1.82) is 0 Å². The lowest BCUT2D eigenvalue weighted by Gasteiger charge is -1.34. The van der Waals surface area contributed by atoms with Crippen LogP contribution in [0.4, 0.5) is 0 Å². The van der Waals surface area contributed by atoms with Crippen molar-refractivity contribution in [3.05, 3.63) is 0 Å². The van der Waals surface area contributed by atoms with Gasteiger partial charge in [0.2, 0.25) is 0 Å². The van der Waals surface area contributed by atoms with Crippen LogP contribution in [-0.2, 0) is 14.4 Å². The minimum absolute atomic E-state index is 0.250. The number of hydrogen-bond acceptors (Lipinski definition) is 4. The summed E-state index contributed by atoms with van der Waals surface area (Å²) >= 11 is 0. The van der Waals surface area contributed by atoms with Gasteiger partial charge < -0.3 is 10.2 Å². The quantitative estimate of drug-likeness (QED) is 0.390. The molecule has 0 saturated heterocycles. The predicted molar refractivity (Wildman–Crippen MR) is 21.8 cm³/mol. The van der Waals surface area contributed by atoms with Gasteiger partial charge in [-0.3, -0.25) is 4.79 Å². The maximum absolute atomic E-state index is 8.36. The van der Waals surface area contributed by atoms with E-state index in [9.17, 15) is 0 Å². The molecule has 0 aliphatic carbocycles. The summed E-state index contributed by atoms with van der Waals surface area (Å²) in [7, 11) is 1.00. The van der Waals surface area contributed by atoms with Crippen LogP contribution in [0, 0.1) is 0 Å². The molecule has 0 rings (SSSR count). The third-order valence-corrected chi connectivity index (χ3v) is 0. The van der Waals surface area contributed by atoms with Gasteiger partial charge in [-0.2, -0.15) is 9.59 Å². The Bertz CT molecular complexity index is 52.7. The third-order valence-electron chi connectivity index (χ3n) is 0. The lowest BCUT2D eigenvalue weighted by Crippen LogP contribution is -1.49. The number of aliphatic hydroxyl groups is 1. The molecule has 0 aliphatic heterocycles. The first-order valence-electron chi connectivity index (χ1n) is 1.35. The molecule has 0 aromatic rings. The van der Waals surface area contributed by atoms with Crippen LogP contribution < -0.4 is 0 Å². The summed E-state index contributed by atoms with van der Waals surface area (Å²) in [6.07, 6.45) is 0.250. The normalized spacial score (nSPS) is 3.25. The van der Waals surface area contributed by atoms with Crippen molar-refractivity contribution >= 4 is 12.6 Å². The largest absolute Gasteiger partial charge is 0.483 e. The molecule has 5 nitrogen and oxygen atoms in total. The fourth-order valence-electron chi connectivity index (χ4n) is 0. The second-order valence-corrected chi connectivity index (χ2v) is 0.189. The molecule has 0 heterocycles. The SMILES string of the molecule is CO.O=C=O.O=CO. The summed E-state index contributed by atoms with van der Waals surface area (Å²) in [5, 5.41) is 13.9. The molecule has 0 aromatic carbocycles. The van der Waals surface area contributed by atoms with Crippen molar-refractivity contribution in [2.75, 3.05) is 7.11 Å². The molecule has 0 bridgehead atoms. The zero-order chi connectivity index (χ0) is 7.41. The molecule has 0 spiro atoms. The third kappa shape index (κ3) is 49.3. The minimum Gasteiger partial charge on any atom is -0.483 e. The number of aliphatic hydroxyl groups excluding tert-OH is 1. The zero-order valence-corrected chi connectivity index (χ0v) is 4.20. The second-order valence-electron chi connectivity index (χ2n) is 0.189. The minimum atomic E-state index is -0.250. The predicted octanol–water partition coefficient (Wildman–Crippen LogP) is -1.27. The first-order chi connectivity index (χ1) is 3.83. The second kappa shape index (κ2) is 205. The van der Waals surface area contributed by atoms with Gasteiger partial charge in [-0.1, -0.05) is 0 Å². The number of carbonyl (C=O) groups excluding carboxylic acids is 2. The Morgan fingerprint density at radius 3 is 1.38 bits per heavy atom. The Morgan fingerprint density at radius 2 is 1.38 bits per heavy atom. The highest BCUT2D eigenvalue weighted by Gasteiger charge is 1.22. The fourth-order valence-corrected chi connectivity index (χ4v) is 0. The maximum Gasteiger partial charge on any atom is 0.373 e. The van der Waals surface area contributed by atoms with Crippen LogP contribution >= 0.6 is 0 Å². The Labute approximate surface area is 45.6 Å². The Kier molecular flexibility index (Phi) is 406. The summed E-state index contributed by atoms with van der Waals surface area (Å²) in [5.41, 5.74) is 0. The van der Waals surface area contributed by atoms with Crippen molar-refractivity contribution in [1.82, 2.24) is 0 Å². The molecular weight excluding hydrogens is 116 g/mol. The number of carboxylic acid groups (broad SMARTS) is 1. The Morgan fingerprint density at radius 1 is 1.38 bits per heavy atom. The number of hydrogen-bond donors (Lipinski definition) is 2. The molecule has 0 fully saturated rings. The van der Waals surface area contributed by atoms with Gasteiger partial charge in [0.05, 0.1) is 0 Å². The van der Waals surface area contributed by atoms with Gasteiger partial charge in [-0.05, 0) is 0 Å². The number of rotatable bonds is 0. The van der Waals surface area contributed by atoms with E-state index >= 15 is 0 Å². The van der Waals surface area contributed by atoms with Gasteiger partial charge in [0, 0.05) is 7.11 Å². The van der Waals surface area contributed by atoms with Crippen LogP contribution in [0.15, 0.2) is 0 Å². The lowest BCUT2D eigenvalue weighted by molar-refractivity contribution is -0.191. The van der Waals surface area contributed by atoms with Crippen molar-refractivity contribution in [2.45, 2.75) is 0 Å². The van der Waals surface area contributed by atoms with E-state index in [2.05, 4.69) is 0 Å². The summed E-state index contributed by atoms with van der Waals surface area (Å²) in [6.45, 7) is -0.250. The molecule has 0 unspecified atom stereocenters. The van der Waals surface area contributed by atoms with Crippen LogP contribution in [0.25, 0.3) is 0 Å². The lowest BCUT2D eigenvalue weighted by atomic mass is 11.7. The van der Waals surface area contributed by atoms with E-state index < -0.39 is 0 Å². The highest BCUT2D eigenvalue weighted by Crippen LogP contribution is 0.966. The smallest absolute Gasteiger partial charge is 0.373 e. The van der Waals surface area contributed by atoms with E-state index in [1.54, 1.807) is 0 Å². The molecule has 0 saturated carbocycles. The highest BCUT2D eigenvalue weighted by atomic mass is 16.3. The molecule has 48 valence electrons. The molecule has 0 radical (unpaired) electrons. The van der Waals surface area contributed by atoms with Gasteiger partial charge in [0.15, 0.2) is 0 Å². The maximum atomic E-state index is 8.36. The molecule has 8 heavy (non-hydrogen) atoms. The molecule has 0 aromatic heterocycles. The number of carbonyl (C=O) groups is 1. The van der Waals surface area contributed by atoms with E-state index in [4.69, 9.17) is 24.6 Å². The molecule has 0 amide bonds. The molecule has 0 aliphatic rings. The van der Waals surface area contributed by atoms with E-state index in [1.807, 2.05) is 0 Å². The summed E-state index contributed by atoms with van der Waals surface area (Å²) in [4.78, 5) is 24.6. The van der Waals surface area contributed by atoms with Crippen LogP contribution in [0.3, 0.4) is 0 Å². The average molecular weight is 122 g/mol. The molecule has 0 atom stereocenters. The van der Waals surface area contributed by atoms with E-state index in [1.165, 1.54) is 0 Å². The van der Waals surface area contributed by atoms with Crippen LogP contribution in [0.1, 0.15) is 0 Å². The Hall–Kier alpha value is -1.19. The van der Waals surface area contributed by atoms with Crippen LogP contribution in [-0.4, -0.2) is 29.9 Å². The van der Waals surface area contributed by atoms with Gasteiger partial charge >= 0.3 is 6.15 Å². The molecule has 5 heteroatoms. The van der Waals surface area contributed by atoms with E-state index in [0.29, 0.717) is 0 Å². The van der Waals surface area contributed by atoms with Crippen molar-refractivity contribution in [3.8, 4) is 0 Å². The van der Waals surface area contributed by atoms with Crippen molar-refractivity contribution < 1.29 is 24.6 Å². The topological polar surface area (TPSA) is 91.7 Å². The first kappa shape index (κ1) is 15.8. The monoisotopic (exact) mass is 122 g/mol. The van der Waals surface area contributed by atoms with Crippen molar-refractivity contribution in [3.63, 3.8) is 0 Å². The van der Waals surface area contributed by atoms with Crippen LogP contribution in [0.2, 0.25) is 0 Å². The van der Waals surface area contributed by atoms with Gasteiger partial charge in [-0.15, -0.1) is 0 Å². The molecular formula is C3H6O5. The van der Waals surface area contributed by atoms with Gasteiger partial charge in [0.1, 0.15) is 0 Å². The summed E-state index contributed by atoms with van der Waals surface area (Å²) < 4.78 is 0. The Balaban J connectivity index is -0.0000000483. The van der Waals surface area contributed by atoms with E-state index in [-0.39, 0.29) is 12.6 Å². The fraction of sp³-hybridized carbons (Fsp3) is 0.333. The summed E-state index contributed by atoms with van der Waals surface area (Å²) in [5.74, 6) is 0. The van der Waals surface area contributed by atoms with Gasteiger partial charge in [0.25, 0.3) is 6.47 Å². The van der Waals surface area contributed by atoms with Gasteiger partial charge in [-0.25, -0.2) is 0 Å². The van der Waals surface area contributed by atoms with E-state index in [0.717, 1.165) is 7.11 Å². The highest BCUT2D eigenvalue weighted by molar-refractivity contribution is 5.32. The standard InChI is InChI=1S/CH2O2.CO2.CH4O/c2*2-1-3;1-2/h1H,(H,2,3);;2H,1H3. The van der Waals surface area contributed by atoms with Crippen LogP contribution in [0.5, 0.6) is 0 Å². The van der Waals surface area contributed by atoms with Crippen molar-refractivity contribution in [2.24, 2.45) is 0 Å². The first-order valence-corrected chi connectivity index (χ1v) is 1.35. The summed E-state index contributed by atoms with van der Waals surface area (Å²) in [6, 6.07) is 0. The average Bonchev–Trinajstić information content (AvgIpc) is 1.75.